The van der Waals surface area contributed by atoms with E-state index in [0.29, 0.717) is 18.1 Å². The van der Waals surface area contributed by atoms with Crippen LogP contribution in [-0.4, -0.2) is 42.5 Å². The van der Waals surface area contributed by atoms with Crippen LogP contribution in [0, 0.1) is 0 Å². The smallest absolute Gasteiger partial charge is 0.243 e. The number of nitrogens with one attached hydrogen (secondary N) is 1. The fourth-order valence-electron chi connectivity index (χ4n) is 3.47. The van der Waals surface area contributed by atoms with Gasteiger partial charge in [0.25, 0.3) is 0 Å². The van der Waals surface area contributed by atoms with E-state index in [4.69, 9.17) is 11.6 Å². The second-order valence-electron chi connectivity index (χ2n) is 7.29. The van der Waals surface area contributed by atoms with Crippen molar-refractivity contribution in [1.82, 2.24) is 9.29 Å². The first-order valence-corrected chi connectivity index (χ1v) is 12.8. The Hall–Kier alpha value is -2.13. The SMILES string of the molecule is O=C(CSc1ccc2ccccc2n1)Nc1cc(S(=O)(=O)N2CCCCC2)ccc1Cl. The summed E-state index contributed by atoms with van der Waals surface area (Å²) in [5.41, 5.74) is 1.16. The summed E-state index contributed by atoms with van der Waals surface area (Å²) in [5.74, 6) is -0.153. The summed E-state index contributed by atoms with van der Waals surface area (Å²) >= 11 is 7.52. The Bertz CT molecular complexity index is 1210. The number of benzene rings is 2. The number of hydrogen-bond acceptors (Lipinski definition) is 5. The number of aromatic nitrogens is 1. The van der Waals surface area contributed by atoms with Crippen LogP contribution in [0.5, 0.6) is 0 Å². The summed E-state index contributed by atoms with van der Waals surface area (Å²) in [6, 6.07) is 16.0. The topological polar surface area (TPSA) is 79.4 Å². The normalized spacial score (nSPS) is 15.1. The second kappa shape index (κ2) is 9.56. The van der Waals surface area contributed by atoms with Crippen molar-refractivity contribution in [3.63, 3.8) is 0 Å². The molecule has 4 rings (SSSR count). The zero-order valence-electron chi connectivity index (χ0n) is 16.8. The number of pyridine rings is 1. The van der Waals surface area contributed by atoms with Crippen LogP contribution < -0.4 is 5.32 Å². The van der Waals surface area contributed by atoms with Crippen molar-refractivity contribution in [2.45, 2.75) is 29.2 Å². The summed E-state index contributed by atoms with van der Waals surface area (Å²) in [6.07, 6.45) is 2.75. The number of carbonyl (C=O) groups is 1. The molecule has 3 aromatic rings. The third kappa shape index (κ3) is 5.20. The molecule has 1 aliphatic heterocycles. The number of carbonyl (C=O) groups excluding carboxylic acids is 1. The molecule has 0 radical (unpaired) electrons. The maximum absolute atomic E-state index is 12.9. The third-order valence-corrected chi connectivity index (χ3v) is 8.24. The third-order valence-electron chi connectivity index (χ3n) is 5.09. The minimum atomic E-state index is -3.60. The quantitative estimate of drug-likeness (QED) is 0.518. The number of hydrogen-bond donors (Lipinski definition) is 1. The van der Waals surface area contributed by atoms with Gasteiger partial charge in [-0.05, 0) is 43.2 Å². The van der Waals surface area contributed by atoms with Crippen LogP contribution in [0.2, 0.25) is 5.02 Å². The molecule has 1 fully saturated rings. The Balaban J connectivity index is 1.44. The molecule has 0 atom stereocenters. The molecule has 1 aromatic heterocycles. The van der Waals surface area contributed by atoms with Gasteiger partial charge in [-0.25, -0.2) is 13.4 Å². The van der Waals surface area contributed by atoms with Gasteiger partial charge in [-0.1, -0.05) is 54.0 Å². The monoisotopic (exact) mass is 475 g/mol. The van der Waals surface area contributed by atoms with Crippen LogP contribution >= 0.6 is 23.4 Å². The van der Waals surface area contributed by atoms with Gasteiger partial charge in [0, 0.05) is 18.5 Å². The number of halogens is 1. The molecule has 31 heavy (non-hydrogen) atoms. The predicted molar refractivity (Wildman–Crippen MR) is 125 cm³/mol. The molecule has 9 heteroatoms. The second-order valence-corrected chi connectivity index (χ2v) is 10.6. The van der Waals surface area contributed by atoms with Gasteiger partial charge in [0.15, 0.2) is 0 Å². The van der Waals surface area contributed by atoms with Crippen LogP contribution in [-0.2, 0) is 14.8 Å². The van der Waals surface area contributed by atoms with Gasteiger partial charge >= 0.3 is 0 Å². The summed E-state index contributed by atoms with van der Waals surface area (Å²) in [4.78, 5) is 17.2. The van der Waals surface area contributed by atoms with E-state index in [2.05, 4.69) is 10.3 Å². The lowest BCUT2D eigenvalue weighted by molar-refractivity contribution is -0.113. The van der Waals surface area contributed by atoms with Crippen LogP contribution in [0.15, 0.2) is 64.5 Å². The molecule has 0 spiro atoms. The highest BCUT2D eigenvalue weighted by Gasteiger charge is 2.26. The summed E-state index contributed by atoms with van der Waals surface area (Å²) < 4.78 is 27.3. The molecule has 2 aromatic carbocycles. The Morgan fingerprint density at radius 2 is 1.84 bits per heavy atom. The largest absolute Gasteiger partial charge is 0.324 e. The molecular weight excluding hydrogens is 454 g/mol. The molecule has 0 saturated carbocycles. The molecule has 6 nitrogen and oxygen atoms in total. The van der Waals surface area contributed by atoms with Gasteiger partial charge in [-0.15, -0.1) is 0 Å². The van der Waals surface area contributed by atoms with E-state index in [1.54, 1.807) is 0 Å². The van der Waals surface area contributed by atoms with Gasteiger partial charge in [-0.2, -0.15) is 4.31 Å². The number of rotatable bonds is 6. The van der Waals surface area contributed by atoms with Crippen molar-refractivity contribution < 1.29 is 13.2 Å². The minimum Gasteiger partial charge on any atom is -0.324 e. The van der Waals surface area contributed by atoms with Gasteiger partial charge < -0.3 is 5.32 Å². The van der Waals surface area contributed by atoms with E-state index < -0.39 is 10.0 Å². The average Bonchev–Trinajstić information content (AvgIpc) is 2.79. The summed E-state index contributed by atoms with van der Waals surface area (Å²) in [7, 11) is -3.60. The predicted octanol–water partition coefficient (Wildman–Crippen LogP) is 4.79. The first-order valence-electron chi connectivity index (χ1n) is 10.0. The number of fused-ring (bicyclic) bond motifs is 1. The van der Waals surface area contributed by atoms with E-state index >= 15 is 0 Å². The Kier molecular flexibility index (Phi) is 6.81. The minimum absolute atomic E-state index is 0.130. The number of thioether (sulfide) groups is 1. The summed E-state index contributed by atoms with van der Waals surface area (Å²) in [5, 5.41) is 4.80. The van der Waals surface area contributed by atoms with E-state index in [1.165, 1.54) is 34.3 Å². The van der Waals surface area contributed by atoms with Crippen molar-refractivity contribution in [2.75, 3.05) is 24.2 Å². The first-order chi connectivity index (χ1) is 14.9. The van der Waals surface area contributed by atoms with Crippen molar-refractivity contribution in [3.05, 3.63) is 59.6 Å². The number of amides is 1. The van der Waals surface area contributed by atoms with E-state index in [9.17, 15) is 13.2 Å². The fourth-order valence-corrected chi connectivity index (χ4v) is 5.86. The van der Waals surface area contributed by atoms with Crippen LogP contribution in [0.3, 0.4) is 0 Å². The van der Waals surface area contributed by atoms with Crippen LogP contribution in [0.4, 0.5) is 5.69 Å². The molecule has 162 valence electrons. The average molecular weight is 476 g/mol. The van der Waals surface area contributed by atoms with Gasteiger partial charge in [0.1, 0.15) is 0 Å². The van der Waals surface area contributed by atoms with Crippen LogP contribution in [0.25, 0.3) is 10.9 Å². The van der Waals surface area contributed by atoms with Gasteiger partial charge in [-0.3, -0.25) is 4.79 Å². The summed E-state index contributed by atoms with van der Waals surface area (Å²) in [6.45, 7) is 1.03. The number of piperidine rings is 1. The van der Waals surface area contributed by atoms with E-state index in [1.807, 2.05) is 36.4 Å². The number of para-hydroxylation sites is 1. The maximum Gasteiger partial charge on any atom is 0.243 e. The molecular formula is C22H22ClN3O3S2. The highest BCUT2D eigenvalue weighted by molar-refractivity contribution is 7.99. The molecule has 0 aliphatic carbocycles. The molecule has 0 unspecified atom stereocenters. The number of anilines is 1. The van der Waals surface area contributed by atoms with E-state index in [-0.39, 0.29) is 22.2 Å². The molecule has 1 amide bonds. The van der Waals surface area contributed by atoms with Crippen molar-refractivity contribution >= 4 is 55.9 Å². The Morgan fingerprint density at radius 3 is 2.65 bits per heavy atom. The lowest BCUT2D eigenvalue weighted by Crippen LogP contribution is -2.35. The Labute approximate surface area is 191 Å². The highest BCUT2D eigenvalue weighted by Crippen LogP contribution is 2.29. The molecule has 1 saturated heterocycles. The lowest BCUT2D eigenvalue weighted by Gasteiger charge is -2.26. The number of nitrogens with zero attached hydrogens (tertiary/aromatic N) is 2. The molecule has 2 heterocycles. The lowest BCUT2D eigenvalue weighted by atomic mass is 10.2. The highest BCUT2D eigenvalue weighted by atomic mass is 35.5. The fraction of sp³-hybridized carbons (Fsp3) is 0.273. The van der Waals surface area contributed by atoms with Crippen molar-refractivity contribution in [3.8, 4) is 0 Å². The van der Waals surface area contributed by atoms with Crippen molar-refractivity contribution in [2.24, 2.45) is 0 Å². The standard InChI is InChI=1S/C22H22ClN3O3S2/c23-18-10-9-17(31(28,29)26-12-4-1-5-13-26)14-20(18)24-21(27)15-30-22-11-8-16-6-2-3-7-19(16)25-22/h2-3,6-11,14H,1,4-5,12-13,15H2,(H,24,27). The molecule has 1 N–H and O–H groups in total. The number of sulfonamides is 1. The zero-order chi connectivity index (χ0) is 21.8. The van der Waals surface area contributed by atoms with Gasteiger partial charge in [0.05, 0.1) is 31.9 Å². The Morgan fingerprint density at radius 1 is 1.06 bits per heavy atom. The van der Waals surface area contributed by atoms with E-state index in [0.717, 1.165) is 35.2 Å². The zero-order valence-corrected chi connectivity index (χ0v) is 19.1. The molecule has 1 aliphatic rings. The first kappa shape index (κ1) is 22.1. The molecule has 0 bridgehead atoms. The van der Waals surface area contributed by atoms with Crippen LogP contribution in [0.1, 0.15) is 19.3 Å². The van der Waals surface area contributed by atoms with Gasteiger partial charge in [0.2, 0.25) is 15.9 Å². The van der Waals surface area contributed by atoms with Crippen molar-refractivity contribution in [1.29, 1.82) is 0 Å². The maximum atomic E-state index is 12.9.